The zero-order chi connectivity index (χ0) is 12.5. The number of benzene rings is 1. The minimum Gasteiger partial charge on any atom is -0.286 e. The first-order chi connectivity index (χ1) is 8.72. The van der Waals surface area contributed by atoms with Crippen LogP contribution in [0.5, 0.6) is 0 Å². The molecule has 90 valence electrons. The van der Waals surface area contributed by atoms with E-state index >= 15 is 0 Å². The largest absolute Gasteiger partial charge is 0.286 e. The number of aromatic nitrogens is 3. The number of fused-ring (bicyclic) bond motifs is 1. The van der Waals surface area contributed by atoms with Crippen LogP contribution in [0.15, 0.2) is 42.6 Å². The fourth-order valence-corrected chi connectivity index (χ4v) is 2.21. The van der Waals surface area contributed by atoms with Crippen LogP contribution in [0.4, 0.5) is 0 Å². The Balaban J connectivity index is 2.00. The Morgan fingerprint density at radius 1 is 1.17 bits per heavy atom. The summed E-state index contributed by atoms with van der Waals surface area (Å²) in [5, 5.41) is 9.16. The van der Waals surface area contributed by atoms with E-state index in [-0.39, 0.29) is 0 Å². The summed E-state index contributed by atoms with van der Waals surface area (Å²) in [6, 6.07) is 11.9. The topological polar surface area (TPSA) is 30.2 Å². The molecule has 0 unspecified atom stereocenters. The summed E-state index contributed by atoms with van der Waals surface area (Å²) in [5.41, 5.74) is 3.20. The minimum atomic E-state index is 0.727. The minimum absolute atomic E-state index is 0.727. The van der Waals surface area contributed by atoms with Crippen molar-refractivity contribution >= 4 is 17.2 Å². The number of halogens is 1. The molecule has 0 aliphatic rings. The van der Waals surface area contributed by atoms with Crippen LogP contribution in [0.2, 0.25) is 5.02 Å². The van der Waals surface area contributed by atoms with E-state index in [1.165, 1.54) is 5.56 Å². The molecule has 2 heterocycles. The second kappa shape index (κ2) is 4.42. The standard InChI is InChI=1S/C14H12ClN3/c1-10-5-6-18-13(7-10)16-17-14(18)9-11-3-2-4-12(15)8-11/h2-8H,9H2,1H3. The molecule has 0 N–H and O–H groups in total. The van der Waals surface area contributed by atoms with E-state index in [1.807, 2.05) is 47.9 Å². The van der Waals surface area contributed by atoms with Gasteiger partial charge in [-0.1, -0.05) is 23.7 Å². The van der Waals surface area contributed by atoms with Crippen molar-refractivity contribution in [3.05, 3.63) is 64.6 Å². The van der Waals surface area contributed by atoms with Gasteiger partial charge in [-0.05, 0) is 42.3 Å². The normalized spacial score (nSPS) is 11.0. The van der Waals surface area contributed by atoms with Crippen LogP contribution < -0.4 is 0 Å². The van der Waals surface area contributed by atoms with Gasteiger partial charge in [0.15, 0.2) is 5.65 Å². The number of hydrogen-bond acceptors (Lipinski definition) is 2. The van der Waals surface area contributed by atoms with Gasteiger partial charge in [0.05, 0.1) is 0 Å². The quantitative estimate of drug-likeness (QED) is 0.705. The lowest BCUT2D eigenvalue weighted by atomic mass is 10.1. The van der Waals surface area contributed by atoms with Crippen molar-refractivity contribution in [2.24, 2.45) is 0 Å². The van der Waals surface area contributed by atoms with Crippen LogP contribution in [0.3, 0.4) is 0 Å². The van der Waals surface area contributed by atoms with Gasteiger partial charge in [-0.2, -0.15) is 0 Å². The highest BCUT2D eigenvalue weighted by molar-refractivity contribution is 6.30. The number of hydrogen-bond donors (Lipinski definition) is 0. The van der Waals surface area contributed by atoms with Gasteiger partial charge >= 0.3 is 0 Å². The van der Waals surface area contributed by atoms with Gasteiger partial charge in [0, 0.05) is 17.6 Å². The summed E-state index contributed by atoms with van der Waals surface area (Å²) in [4.78, 5) is 0. The van der Waals surface area contributed by atoms with Crippen LogP contribution in [0.25, 0.3) is 5.65 Å². The molecule has 0 saturated heterocycles. The van der Waals surface area contributed by atoms with Gasteiger partial charge in [-0.3, -0.25) is 4.40 Å². The van der Waals surface area contributed by atoms with E-state index in [0.717, 1.165) is 28.5 Å². The second-order valence-electron chi connectivity index (χ2n) is 4.36. The highest BCUT2D eigenvalue weighted by Crippen LogP contribution is 2.15. The molecule has 3 aromatic rings. The predicted octanol–water partition coefficient (Wildman–Crippen LogP) is 3.28. The number of aryl methyl sites for hydroxylation is 1. The average molecular weight is 258 g/mol. The van der Waals surface area contributed by atoms with Gasteiger partial charge in [-0.15, -0.1) is 10.2 Å². The van der Waals surface area contributed by atoms with Crippen molar-refractivity contribution < 1.29 is 0 Å². The van der Waals surface area contributed by atoms with E-state index in [4.69, 9.17) is 11.6 Å². The third-order valence-electron chi connectivity index (χ3n) is 2.89. The van der Waals surface area contributed by atoms with Crippen LogP contribution >= 0.6 is 11.6 Å². The maximum atomic E-state index is 5.98. The zero-order valence-electron chi connectivity index (χ0n) is 9.97. The number of pyridine rings is 1. The molecule has 0 aliphatic heterocycles. The summed E-state index contributed by atoms with van der Waals surface area (Å²) in [6.07, 6.45) is 2.73. The summed E-state index contributed by atoms with van der Waals surface area (Å²) >= 11 is 5.98. The van der Waals surface area contributed by atoms with E-state index < -0.39 is 0 Å². The lowest BCUT2D eigenvalue weighted by molar-refractivity contribution is 0.934. The lowest BCUT2D eigenvalue weighted by Gasteiger charge is -2.01. The molecule has 0 atom stereocenters. The molecule has 0 radical (unpaired) electrons. The first-order valence-corrected chi connectivity index (χ1v) is 6.15. The Kier molecular flexibility index (Phi) is 2.76. The van der Waals surface area contributed by atoms with Crippen LogP contribution in [0.1, 0.15) is 17.0 Å². The number of rotatable bonds is 2. The van der Waals surface area contributed by atoms with Gasteiger partial charge in [0.1, 0.15) is 5.82 Å². The van der Waals surface area contributed by atoms with Gasteiger partial charge in [-0.25, -0.2) is 0 Å². The average Bonchev–Trinajstić information content (AvgIpc) is 2.72. The molecule has 0 saturated carbocycles. The SMILES string of the molecule is Cc1ccn2c(Cc3cccc(Cl)c3)nnc2c1. The zero-order valence-corrected chi connectivity index (χ0v) is 10.7. The molecule has 0 amide bonds. The summed E-state index contributed by atoms with van der Waals surface area (Å²) in [5.74, 6) is 0.923. The van der Waals surface area contributed by atoms with Crippen molar-refractivity contribution in [3.8, 4) is 0 Å². The van der Waals surface area contributed by atoms with E-state index in [0.29, 0.717) is 0 Å². The van der Waals surface area contributed by atoms with Gasteiger partial charge < -0.3 is 0 Å². The smallest absolute Gasteiger partial charge is 0.161 e. The molecule has 1 aromatic carbocycles. The van der Waals surface area contributed by atoms with E-state index in [9.17, 15) is 0 Å². The highest BCUT2D eigenvalue weighted by atomic mass is 35.5. The van der Waals surface area contributed by atoms with Crippen molar-refractivity contribution in [2.75, 3.05) is 0 Å². The molecule has 3 rings (SSSR count). The molecular weight excluding hydrogens is 246 g/mol. The Hall–Kier alpha value is -1.87. The first-order valence-electron chi connectivity index (χ1n) is 5.77. The van der Waals surface area contributed by atoms with E-state index in [1.54, 1.807) is 0 Å². The highest BCUT2D eigenvalue weighted by Gasteiger charge is 2.06. The third kappa shape index (κ3) is 2.09. The molecule has 0 aliphatic carbocycles. The molecule has 0 fully saturated rings. The molecule has 18 heavy (non-hydrogen) atoms. The molecular formula is C14H12ClN3. The fraction of sp³-hybridized carbons (Fsp3) is 0.143. The Morgan fingerprint density at radius 2 is 2.06 bits per heavy atom. The summed E-state index contributed by atoms with van der Waals surface area (Å²) in [7, 11) is 0. The van der Waals surface area contributed by atoms with Crippen molar-refractivity contribution in [1.29, 1.82) is 0 Å². The third-order valence-corrected chi connectivity index (χ3v) is 3.12. The molecule has 0 bridgehead atoms. The predicted molar refractivity (Wildman–Crippen MR) is 72.0 cm³/mol. The molecule has 2 aromatic heterocycles. The van der Waals surface area contributed by atoms with Crippen molar-refractivity contribution in [3.63, 3.8) is 0 Å². The monoisotopic (exact) mass is 257 g/mol. The molecule has 0 spiro atoms. The van der Waals surface area contributed by atoms with Crippen LogP contribution in [-0.2, 0) is 6.42 Å². The Labute approximate surface area is 110 Å². The lowest BCUT2D eigenvalue weighted by Crippen LogP contribution is -1.96. The van der Waals surface area contributed by atoms with Crippen LogP contribution in [0, 0.1) is 6.92 Å². The molecule has 3 nitrogen and oxygen atoms in total. The second-order valence-corrected chi connectivity index (χ2v) is 4.79. The van der Waals surface area contributed by atoms with Crippen molar-refractivity contribution in [1.82, 2.24) is 14.6 Å². The summed E-state index contributed by atoms with van der Waals surface area (Å²) in [6.45, 7) is 2.05. The maximum absolute atomic E-state index is 5.98. The van der Waals surface area contributed by atoms with E-state index in [2.05, 4.69) is 16.3 Å². The summed E-state index contributed by atoms with van der Waals surface area (Å²) < 4.78 is 2.01. The van der Waals surface area contributed by atoms with Crippen molar-refractivity contribution in [2.45, 2.75) is 13.3 Å². The van der Waals surface area contributed by atoms with Gasteiger partial charge in [0.2, 0.25) is 0 Å². The Bertz CT molecular complexity index is 703. The van der Waals surface area contributed by atoms with Crippen LogP contribution in [-0.4, -0.2) is 14.6 Å². The molecule has 4 heteroatoms. The first kappa shape index (κ1) is 11.2. The maximum Gasteiger partial charge on any atom is 0.161 e. The number of nitrogens with zero attached hydrogens (tertiary/aromatic N) is 3. The fourth-order valence-electron chi connectivity index (χ4n) is 1.99. The van der Waals surface area contributed by atoms with Gasteiger partial charge in [0.25, 0.3) is 0 Å². The Morgan fingerprint density at radius 3 is 2.89 bits per heavy atom.